The molecule has 0 aliphatic carbocycles. The predicted octanol–water partition coefficient (Wildman–Crippen LogP) is 4.24. The summed E-state index contributed by atoms with van der Waals surface area (Å²) in [7, 11) is 1.75. The van der Waals surface area contributed by atoms with Gasteiger partial charge in [0, 0.05) is 43.7 Å². The summed E-state index contributed by atoms with van der Waals surface area (Å²) in [6, 6.07) is 14.1. The van der Waals surface area contributed by atoms with Crippen LogP contribution in [0.15, 0.2) is 47.5 Å². The van der Waals surface area contributed by atoms with E-state index in [0.717, 1.165) is 35.6 Å². The van der Waals surface area contributed by atoms with Gasteiger partial charge in [0.25, 0.3) is 0 Å². The van der Waals surface area contributed by atoms with E-state index in [1.165, 1.54) is 5.56 Å². The number of amides is 1. The number of anilines is 1. The molecular formula is C25H35IN4O3. The molecule has 0 radical (unpaired) electrons. The maximum absolute atomic E-state index is 11.8. The van der Waals surface area contributed by atoms with Gasteiger partial charge in [-0.05, 0) is 36.2 Å². The fraction of sp³-hybridized carbons (Fsp3) is 0.440. The average Bonchev–Trinajstić information content (AvgIpc) is 3.29. The van der Waals surface area contributed by atoms with Crippen molar-refractivity contribution >= 4 is 41.5 Å². The van der Waals surface area contributed by atoms with Crippen molar-refractivity contribution in [2.75, 3.05) is 25.6 Å². The summed E-state index contributed by atoms with van der Waals surface area (Å²) in [4.78, 5) is 16.1. The smallest absolute Gasteiger partial charge is 0.226 e. The molecule has 1 aliphatic rings. The second-order valence-electron chi connectivity index (χ2n) is 8.33. The lowest BCUT2D eigenvalue weighted by atomic mass is 10.1. The van der Waals surface area contributed by atoms with E-state index in [0.29, 0.717) is 25.7 Å². The summed E-state index contributed by atoms with van der Waals surface area (Å²) in [5.41, 5.74) is 4.14. The van der Waals surface area contributed by atoms with Crippen LogP contribution < -0.4 is 20.7 Å². The number of hydrogen-bond donors (Lipinski definition) is 3. The summed E-state index contributed by atoms with van der Waals surface area (Å²) >= 11 is 0. The number of hydrogen-bond acceptors (Lipinski definition) is 4. The number of ether oxygens (including phenoxy) is 2. The molecule has 8 heteroatoms. The molecule has 0 saturated carbocycles. The Hall–Kier alpha value is -2.33. The Kier molecular flexibility index (Phi) is 10.9. The minimum absolute atomic E-state index is 0. The van der Waals surface area contributed by atoms with E-state index in [4.69, 9.17) is 9.47 Å². The number of rotatable bonds is 8. The molecule has 1 atom stereocenters. The molecule has 2 aromatic rings. The van der Waals surface area contributed by atoms with E-state index >= 15 is 0 Å². The minimum atomic E-state index is -0.0447. The first-order valence-electron chi connectivity index (χ1n) is 11.1. The van der Waals surface area contributed by atoms with Gasteiger partial charge < -0.3 is 25.4 Å². The van der Waals surface area contributed by atoms with Gasteiger partial charge in [-0.2, -0.15) is 0 Å². The van der Waals surface area contributed by atoms with Crippen molar-refractivity contribution in [2.24, 2.45) is 10.9 Å². The number of nitrogens with zero attached hydrogens (tertiary/aromatic N) is 1. The summed E-state index contributed by atoms with van der Waals surface area (Å²) in [5, 5.41) is 9.59. The molecule has 0 spiro atoms. The van der Waals surface area contributed by atoms with E-state index in [2.05, 4.69) is 46.1 Å². The molecule has 1 fully saturated rings. The van der Waals surface area contributed by atoms with Crippen LogP contribution in [0.1, 0.15) is 37.0 Å². The quantitative estimate of drug-likeness (QED) is 0.253. The van der Waals surface area contributed by atoms with Crippen molar-refractivity contribution in [3.05, 3.63) is 59.2 Å². The van der Waals surface area contributed by atoms with Crippen molar-refractivity contribution in [3.63, 3.8) is 0 Å². The Morgan fingerprint density at radius 1 is 1.15 bits per heavy atom. The monoisotopic (exact) mass is 566 g/mol. The first-order chi connectivity index (χ1) is 15.4. The van der Waals surface area contributed by atoms with Crippen molar-refractivity contribution < 1.29 is 14.3 Å². The van der Waals surface area contributed by atoms with Crippen LogP contribution >= 0.6 is 24.0 Å². The largest absolute Gasteiger partial charge is 0.488 e. The highest BCUT2D eigenvalue weighted by molar-refractivity contribution is 14.0. The Labute approximate surface area is 213 Å². The molecule has 3 rings (SSSR count). The first-order valence-corrected chi connectivity index (χ1v) is 11.1. The number of aliphatic imine (C=N–C) groups is 1. The molecule has 3 N–H and O–H groups in total. The molecule has 1 amide bonds. The topological polar surface area (TPSA) is 84.0 Å². The SMILES string of the molecule is CN=C(NCc1ccc(NC(=O)C(C)C)cc1)NCc1ccc(C)cc1OC1CCOC1.I. The minimum Gasteiger partial charge on any atom is -0.488 e. The van der Waals surface area contributed by atoms with Crippen LogP contribution in [0.25, 0.3) is 0 Å². The Morgan fingerprint density at radius 3 is 2.52 bits per heavy atom. The third kappa shape index (κ3) is 8.51. The molecule has 0 aromatic heterocycles. The highest BCUT2D eigenvalue weighted by Crippen LogP contribution is 2.23. The lowest BCUT2D eigenvalue weighted by Gasteiger charge is -2.18. The molecule has 0 bridgehead atoms. The zero-order valence-electron chi connectivity index (χ0n) is 19.8. The molecule has 33 heavy (non-hydrogen) atoms. The van der Waals surface area contributed by atoms with Gasteiger partial charge in [0.2, 0.25) is 5.91 Å². The highest BCUT2D eigenvalue weighted by atomic mass is 127. The number of benzene rings is 2. The lowest BCUT2D eigenvalue weighted by molar-refractivity contribution is -0.118. The molecule has 1 saturated heterocycles. The van der Waals surface area contributed by atoms with Crippen molar-refractivity contribution in [3.8, 4) is 5.75 Å². The van der Waals surface area contributed by atoms with E-state index in [1.807, 2.05) is 38.1 Å². The summed E-state index contributed by atoms with van der Waals surface area (Å²) in [5.74, 6) is 1.57. The van der Waals surface area contributed by atoms with E-state index in [1.54, 1.807) is 7.05 Å². The average molecular weight is 566 g/mol. The number of aryl methyl sites for hydroxylation is 1. The van der Waals surface area contributed by atoms with Crippen LogP contribution in [0.3, 0.4) is 0 Å². The standard InChI is InChI=1S/C25H34N4O3.HI/c1-17(2)24(30)29-21-9-6-19(7-10-21)14-27-25(26-4)28-15-20-8-5-18(3)13-23(20)32-22-11-12-31-16-22;/h5-10,13,17,22H,11-12,14-16H2,1-4H3,(H,29,30)(H2,26,27,28);1H. The van der Waals surface area contributed by atoms with Crippen LogP contribution in [-0.4, -0.2) is 38.2 Å². The maximum Gasteiger partial charge on any atom is 0.226 e. The highest BCUT2D eigenvalue weighted by Gasteiger charge is 2.18. The Balaban J connectivity index is 0.00000385. The van der Waals surface area contributed by atoms with Gasteiger partial charge in [-0.1, -0.05) is 38.1 Å². The molecular weight excluding hydrogens is 531 g/mol. The molecule has 1 unspecified atom stereocenters. The molecule has 1 aliphatic heterocycles. The van der Waals surface area contributed by atoms with Crippen molar-refractivity contribution in [1.29, 1.82) is 0 Å². The zero-order chi connectivity index (χ0) is 22.9. The molecule has 180 valence electrons. The van der Waals surface area contributed by atoms with Crippen LogP contribution in [0.2, 0.25) is 0 Å². The van der Waals surface area contributed by atoms with Gasteiger partial charge in [0.1, 0.15) is 11.9 Å². The number of guanidine groups is 1. The van der Waals surface area contributed by atoms with Gasteiger partial charge in [-0.3, -0.25) is 9.79 Å². The second-order valence-corrected chi connectivity index (χ2v) is 8.33. The van der Waals surface area contributed by atoms with Gasteiger partial charge in [-0.15, -0.1) is 24.0 Å². The zero-order valence-corrected chi connectivity index (χ0v) is 22.1. The first kappa shape index (κ1) is 26.9. The maximum atomic E-state index is 11.8. The molecule has 2 aromatic carbocycles. The lowest BCUT2D eigenvalue weighted by Crippen LogP contribution is -2.36. The molecule has 1 heterocycles. The van der Waals surface area contributed by atoms with Crippen LogP contribution in [-0.2, 0) is 22.6 Å². The van der Waals surface area contributed by atoms with Gasteiger partial charge in [-0.25, -0.2) is 0 Å². The second kappa shape index (κ2) is 13.4. The summed E-state index contributed by atoms with van der Waals surface area (Å²) < 4.78 is 11.6. The van der Waals surface area contributed by atoms with Crippen LogP contribution in [0, 0.1) is 12.8 Å². The van der Waals surface area contributed by atoms with Crippen LogP contribution in [0.5, 0.6) is 5.75 Å². The third-order valence-corrected chi connectivity index (χ3v) is 5.28. The van der Waals surface area contributed by atoms with E-state index in [9.17, 15) is 4.79 Å². The van der Waals surface area contributed by atoms with Crippen molar-refractivity contribution in [2.45, 2.75) is 46.4 Å². The fourth-order valence-electron chi connectivity index (χ4n) is 3.28. The fourth-order valence-corrected chi connectivity index (χ4v) is 3.28. The Bertz CT molecular complexity index is 926. The summed E-state index contributed by atoms with van der Waals surface area (Å²) in [6.07, 6.45) is 1.03. The number of carbonyl (C=O) groups excluding carboxylic acids is 1. The number of carbonyl (C=O) groups is 1. The van der Waals surface area contributed by atoms with Crippen LogP contribution in [0.4, 0.5) is 5.69 Å². The van der Waals surface area contributed by atoms with Crippen molar-refractivity contribution in [1.82, 2.24) is 10.6 Å². The van der Waals surface area contributed by atoms with E-state index in [-0.39, 0.29) is 41.9 Å². The van der Waals surface area contributed by atoms with Gasteiger partial charge in [0.05, 0.1) is 13.2 Å². The Morgan fingerprint density at radius 2 is 1.88 bits per heavy atom. The normalized spacial score (nSPS) is 15.7. The van der Waals surface area contributed by atoms with Gasteiger partial charge in [0.15, 0.2) is 5.96 Å². The molecule has 7 nitrogen and oxygen atoms in total. The predicted molar refractivity (Wildman–Crippen MR) is 143 cm³/mol. The summed E-state index contributed by atoms with van der Waals surface area (Å²) in [6.45, 7) is 8.44. The van der Waals surface area contributed by atoms with E-state index < -0.39 is 0 Å². The number of halogens is 1. The number of nitrogens with one attached hydrogen (secondary N) is 3. The van der Waals surface area contributed by atoms with Gasteiger partial charge >= 0.3 is 0 Å². The third-order valence-electron chi connectivity index (χ3n) is 5.28.